The van der Waals surface area contributed by atoms with Crippen LogP contribution in [0.15, 0.2) is 36.4 Å². The number of hydrogen-bond donors (Lipinski definition) is 0. The molecule has 0 aromatic heterocycles. The summed E-state index contributed by atoms with van der Waals surface area (Å²) in [4.78, 5) is 22.8. The molecule has 2 bridgehead atoms. The first-order valence-corrected chi connectivity index (χ1v) is 9.15. The predicted octanol–water partition coefficient (Wildman–Crippen LogP) is 3.59. The Bertz CT molecular complexity index is 669. The fourth-order valence-corrected chi connectivity index (χ4v) is 4.45. The molecule has 140 valence electrons. The lowest BCUT2D eigenvalue weighted by atomic mass is 9.69. The molecule has 2 aliphatic rings. The monoisotopic (exact) mass is 360 g/mol. The summed E-state index contributed by atoms with van der Waals surface area (Å²) < 4.78 is 23.8. The van der Waals surface area contributed by atoms with E-state index in [4.69, 9.17) is 4.74 Å². The van der Waals surface area contributed by atoms with Crippen LogP contribution in [0.4, 0.5) is 4.39 Å². The molecule has 1 saturated carbocycles. The topological polar surface area (TPSA) is 52.6 Å². The molecule has 0 N–H and O–H groups in total. The van der Waals surface area contributed by atoms with E-state index in [2.05, 4.69) is 16.9 Å². The zero-order valence-electron chi connectivity index (χ0n) is 15.0. The van der Waals surface area contributed by atoms with Crippen LogP contribution in [-0.4, -0.2) is 32.1 Å². The number of fused-ring (bicyclic) bond motifs is 2. The van der Waals surface area contributed by atoms with Crippen molar-refractivity contribution >= 4 is 12.3 Å². The van der Waals surface area contributed by atoms with E-state index < -0.39 is 0 Å². The van der Waals surface area contributed by atoms with E-state index in [9.17, 15) is 14.0 Å². The fourth-order valence-electron chi connectivity index (χ4n) is 4.45. The highest BCUT2D eigenvalue weighted by molar-refractivity contribution is 5.69. The lowest BCUT2D eigenvalue weighted by Crippen LogP contribution is -2.40. The number of esters is 1. The summed E-state index contributed by atoms with van der Waals surface area (Å²) in [6, 6.07) is 6.60. The van der Waals surface area contributed by atoms with Crippen molar-refractivity contribution in [1.82, 2.24) is 0 Å². The van der Waals surface area contributed by atoms with Gasteiger partial charge < -0.3 is 14.3 Å². The van der Waals surface area contributed by atoms with Gasteiger partial charge in [0.2, 0.25) is 0 Å². The number of carbonyl (C=O) groups is 2. The van der Waals surface area contributed by atoms with Gasteiger partial charge in [0, 0.05) is 17.8 Å². The van der Waals surface area contributed by atoms with Crippen LogP contribution in [0.25, 0.3) is 0 Å². The Morgan fingerprint density at radius 1 is 1.35 bits per heavy atom. The molecule has 3 rings (SSSR count). The maximum absolute atomic E-state index is 13.3. The highest BCUT2D eigenvalue weighted by atomic mass is 19.1. The molecule has 1 heterocycles. The van der Waals surface area contributed by atoms with Gasteiger partial charge in [0.1, 0.15) is 12.1 Å². The van der Waals surface area contributed by atoms with Gasteiger partial charge in [0.15, 0.2) is 0 Å². The third-order valence-electron chi connectivity index (χ3n) is 5.84. The Labute approximate surface area is 153 Å². The van der Waals surface area contributed by atoms with Crippen molar-refractivity contribution in [3.63, 3.8) is 0 Å². The number of allylic oxidation sites excluding steroid dienone is 2. The van der Waals surface area contributed by atoms with Crippen LogP contribution in [0.2, 0.25) is 0 Å². The van der Waals surface area contributed by atoms with Crippen LogP contribution >= 0.6 is 0 Å². The predicted molar refractivity (Wildman–Crippen MR) is 95.1 cm³/mol. The van der Waals surface area contributed by atoms with E-state index in [1.54, 1.807) is 0 Å². The molecule has 1 aromatic rings. The van der Waals surface area contributed by atoms with Crippen molar-refractivity contribution in [2.24, 2.45) is 11.8 Å². The number of unbranched alkanes of at least 4 members (excludes halogenated alkanes) is 1. The third-order valence-corrected chi connectivity index (χ3v) is 5.84. The lowest BCUT2D eigenvalue weighted by Gasteiger charge is -2.37. The van der Waals surface area contributed by atoms with Crippen LogP contribution in [-0.2, 0) is 24.5 Å². The molecular weight excluding hydrogens is 335 g/mol. The Morgan fingerprint density at radius 2 is 2.12 bits per heavy atom. The van der Waals surface area contributed by atoms with E-state index in [1.807, 2.05) is 12.1 Å². The molecule has 1 aromatic carbocycles. The van der Waals surface area contributed by atoms with E-state index in [-0.39, 0.29) is 35.1 Å². The van der Waals surface area contributed by atoms with Gasteiger partial charge in [-0.2, -0.15) is 0 Å². The molecule has 26 heavy (non-hydrogen) atoms. The van der Waals surface area contributed by atoms with Crippen LogP contribution in [0, 0.1) is 17.7 Å². The smallest absolute Gasteiger partial charge is 0.305 e. The number of ether oxygens (including phenoxy) is 2. The number of carbonyl (C=O) groups excluding carboxylic acids is 2. The number of halogens is 1. The van der Waals surface area contributed by atoms with E-state index in [0.29, 0.717) is 13.0 Å². The van der Waals surface area contributed by atoms with Gasteiger partial charge in [-0.25, -0.2) is 4.39 Å². The van der Waals surface area contributed by atoms with Gasteiger partial charge in [0.05, 0.1) is 19.8 Å². The second kappa shape index (κ2) is 8.12. The Balaban J connectivity index is 1.68. The maximum atomic E-state index is 13.3. The molecule has 4 atom stereocenters. The van der Waals surface area contributed by atoms with Crippen molar-refractivity contribution in [1.29, 1.82) is 0 Å². The van der Waals surface area contributed by atoms with Crippen LogP contribution in [0.3, 0.4) is 0 Å². The van der Waals surface area contributed by atoms with Gasteiger partial charge in [-0.05, 0) is 49.3 Å². The standard InChI is InChI=1S/C21H25FO4/c1-25-20(24)7-5-3-2-4-6-18-17(13-23)19-12-21(18,14-26-19)15-8-10-16(22)11-9-15/h2,4,8-11,13,17-19H,3,5-7,12,14H2,1H3/t17-,18-,19-,21-/m0/s1. The summed E-state index contributed by atoms with van der Waals surface area (Å²) >= 11 is 0. The molecule has 4 nitrogen and oxygen atoms in total. The maximum Gasteiger partial charge on any atom is 0.305 e. The Morgan fingerprint density at radius 3 is 2.81 bits per heavy atom. The molecule has 0 spiro atoms. The van der Waals surface area contributed by atoms with Crippen LogP contribution < -0.4 is 0 Å². The van der Waals surface area contributed by atoms with Crippen molar-refractivity contribution in [3.05, 3.63) is 47.8 Å². The minimum absolute atomic E-state index is 0.0460. The van der Waals surface area contributed by atoms with E-state index in [1.165, 1.54) is 19.2 Å². The van der Waals surface area contributed by atoms with E-state index in [0.717, 1.165) is 37.5 Å². The average Bonchev–Trinajstić information content (AvgIpc) is 3.22. The Hall–Kier alpha value is -2.01. The first-order valence-electron chi connectivity index (χ1n) is 9.15. The highest BCUT2D eigenvalue weighted by Gasteiger charge is 2.59. The first kappa shape index (κ1) is 18.8. The first-order chi connectivity index (χ1) is 12.6. The number of benzene rings is 1. The SMILES string of the molecule is COC(=O)CCCC=CC[C@H]1[C@H](C=O)[C@@H]2C[C@@]1(c1ccc(F)cc1)CO2. The zero-order chi connectivity index (χ0) is 18.6. The summed E-state index contributed by atoms with van der Waals surface area (Å²) in [6.07, 6.45) is 8.69. The molecule has 0 unspecified atom stereocenters. The summed E-state index contributed by atoms with van der Waals surface area (Å²) in [5.41, 5.74) is 0.829. The molecule has 5 heteroatoms. The van der Waals surface area contributed by atoms with Crippen molar-refractivity contribution in [2.75, 3.05) is 13.7 Å². The summed E-state index contributed by atoms with van der Waals surface area (Å²) in [5.74, 6) is -0.429. The number of rotatable bonds is 8. The Kier molecular flexibility index (Phi) is 5.87. The highest BCUT2D eigenvalue weighted by Crippen LogP contribution is 2.55. The molecule has 0 amide bonds. The molecule has 1 aliphatic carbocycles. The largest absolute Gasteiger partial charge is 0.469 e. The van der Waals surface area contributed by atoms with Gasteiger partial charge in [-0.15, -0.1) is 0 Å². The minimum Gasteiger partial charge on any atom is -0.469 e. The van der Waals surface area contributed by atoms with Gasteiger partial charge in [0.25, 0.3) is 0 Å². The average molecular weight is 360 g/mol. The second-order valence-electron chi connectivity index (χ2n) is 7.21. The van der Waals surface area contributed by atoms with Crippen molar-refractivity contribution in [2.45, 2.75) is 43.6 Å². The quantitative estimate of drug-likeness (QED) is 0.308. The van der Waals surface area contributed by atoms with Crippen LogP contribution in [0.1, 0.15) is 37.7 Å². The summed E-state index contributed by atoms with van der Waals surface area (Å²) in [5, 5.41) is 0. The van der Waals surface area contributed by atoms with Gasteiger partial charge >= 0.3 is 5.97 Å². The molecule has 0 radical (unpaired) electrons. The normalized spacial score (nSPS) is 30.0. The molecule has 1 saturated heterocycles. The van der Waals surface area contributed by atoms with Gasteiger partial charge in [-0.3, -0.25) is 4.79 Å². The number of aldehydes is 1. The summed E-state index contributed by atoms with van der Waals surface area (Å²) in [6.45, 7) is 0.578. The van der Waals surface area contributed by atoms with Crippen LogP contribution in [0.5, 0.6) is 0 Å². The third kappa shape index (κ3) is 3.58. The van der Waals surface area contributed by atoms with Crippen molar-refractivity contribution in [3.8, 4) is 0 Å². The minimum atomic E-state index is -0.257. The fraction of sp³-hybridized carbons (Fsp3) is 0.524. The lowest BCUT2D eigenvalue weighted by molar-refractivity contribution is -0.140. The summed E-state index contributed by atoms with van der Waals surface area (Å²) in [7, 11) is 1.39. The molecule has 1 aliphatic heterocycles. The number of hydrogen-bond acceptors (Lipinski definition) is 4. The van der Waals surface area contributed by atoms with Crippen molar-refractivity contribution < 1.29 is 23.5 Å². The molecule has 2 fully saturated rings. The molecular formula is C21H25FO4. The van der Waals surface area contributed by atoms with E-state index >= 15 is 0 Å². The zero-order valence-corrected chi connectivity index (χ0v) is 15.0. The second-order valence-corrected chi connectivity index (χ2v) is 7.21. The number of methoxy groups -OCH3 is 1. The van der Waals surface area contributed by atoms with Gasteiger partial charge in [-0.1, -0.05) is 24.3 Å².